The highest BCUT2D eigenvalue weighted by Crippen LogP contribution is 2.17. The Hall–Kier alpha value is -3.45. The van der Waals surface area contributed by atoms with Crippen molar-refractivity contribution in [3.05, 3.63) is 77.5 Å². The summed E-state index contributed by atoms with van der Waals surface area (Å²) in [6.07, 6.45) is 0.528. The van der Waals surface area contributed by atoms with Crippen molar-refractivity contribution in [3.63, 3.8) is 0 Å². The molecule has 0 heterocycles. The van der Waals surface area contributed by atoms with Crippen LogP contribution in [0.5, 0.6) is 0 Å². The molecule has 0 aliphatic heterocycles. The van der Waals surface area contributed by atoms with E-state index in [1.807, 2.05) is 6.07 Å². The van der Waals surface area contributed by atoms with Crippen LogP contribution in [0.2, 0.25) is 0 Å². The number of amidine groups is 1. The highest BCUT2D eigenvalue weighted by atomic mass is 16.3. The van der Waals surface area contributed by atoms with Gasteiger partial charge in [-0.15, -0.1) is 0 Å². The third-order valence-electron chi connectivity index (χ3n) is 3.63. The van der Waals surface area contributed by atoms with E-state index in [1.54, 1.807) is 48.5 Å². The first-order valence-corrected chi connectivity index (χ1v) is 8.30. The third kappa shape index (κ3) is 6.41. The maximum atomic E-state index is 12.1. The number of aliphatic hydroxyl groups is 1. The molecule has 1 atom stereocenters. The lowest BCUT2D eigenvalue weighted by Gasteiger charge is -2.12. The quantitative estimate of drug-likeness (QED) is 0.395. The van der Waals surface area contributed by atoms with E-state index in [-0.39, 0.29) is 11.7 Å². The Bertz CT molecular complexity index is 845. The minimum atomic E-state index is -1.25. The SMILES string of the molecule is CC(=O)NC(=N)/C=C(\N)Cc1ccc(NC(=O)[C@H](O)c2ccccc2)cc1. The van der Waals surface area contributed by atoms with E-state index in [1.165, 1.54) is 13.0 Å². The fraction of sp³-hybridized carbons (Fsp3) is 0.150. The van der Waals surface area contributed by atoms with Crippen molar-refractivity contribution < 1.29 is 14.7 Å². The molecule has 2 aromatic carbocycles. The zero-order valence-electron chi connectivity index (χ0n) is 14.9. The first-order chi connectivity index (χ1) is 12.8. The van der Waals surface area contributed by atoms with Gasteiger partial charge in [-0.3, -0.25) is 15.0 Å². The van der Waals surface area contributed by atoms with Gasteiger partial charge in [-0.1, -0.05) is 42.5 Å². The Balaban J connectivity index is 1.95. The average molecular weight is 366 g/mol. The summed E-state index contributed by atoms with van der Waals surface area (Å²) in [7, 11) is 0. The largest absolute Gasteiger partial charge is 0.402 e. The van der Waals surface area contributed by atoms with E-state index in [0.29, 0.717) is 23.4 Å². The van der Waals surface area contributed by atoms with Gasteiger partial charge in [0.05, 0.1) is 0 Å². The maximum absolute atomic E-state index is 12.1. The molecular weight excluding hydrogens is 344 g/mol. The number of hydrogen-bond acceptors (Lipinski definition) is 5. The van der Waals surface area contributed by atoms with Crippen LogP contribution in [0.3, 0.4) is 0 Å². The van der Waals surface area contributed by atoms with Crippen molar-refractivity contribution in [1.29, 1.82) is 5.41 Å². The highest BCUT2D eigenvalue weighted by molar-refractivity contribution is 6.02. The molecule has 0 bridgehead atoms. The molecule has 7 heteroatoms. The van der Waals surface area contributed by atoms with E-state index >= 15 is 0 Å². The molecular formula is C20H22N4O3. The zero-order chi connectivity index (χ0) is 19.8. The van der Waals surface area contributed by atoms with Gasteiger partial charge in [0.15, 0.2) is 6.10 Å². The van der Waals surface area contributed by atoms with Crippen molar-refractivity contribution >= 4 is 23.3 Å². The Morgan fingerprint density at radius 2 is 1.78 bits per heavy atom. The van der Waals surface area contributed by atoms with Crippen molar-refractivity contribution in [2.75, 3.05) is 5.32 Å². The molecule has 0 aliphatic carbocycles. The minimum Gasteiger partial charge on any atom is -0.402 e. The number of carbonyl (C=O) groups excluding carboxylic acids is 2. The van der Waals surface area contributed by atoms with E-state index in [2.05, 4.69) is 10.6 Å². The summed E-state index contributed by atoms with van der Waals surface area (Å²) in [5, 5.41) is 22.7. The number of aliphatic hydroxyl groups excluding tert-OH is 1. The van der Waals surface area contributed by atoms with Gasteiger partial charge < -0.3 is 21.5 Å². The van der Waals surface area contributed by atoms with Gasteiger partial charge in [0.25, 0.3) is 5.91 Å². The fourth-order valence-electron chi connectivity index (χ4n) is 2.40. The van der Waals surface area contributed by atoms with Gasteiger partial charge >= 0.3 is 0 Å². The summed E-state index contributed by atoms with van der Waals surface area (Å²) in [5.74, 6) is -0.919. The molecule has 27 heavy (non-hydrogen) atoms. The number of anilines is 1. The van der Waals surface area contributed by atoms with Crippen molar-refractivity contribution in [3.8, 4) is 0 Å². The van der Waals surface area contributed by atoms with E-state index < -0.39 is 12.0 Å². The third-order valence-corrected chi connectivity index (χ3v) is 3.63. The summed E-state index contributed by atoms with van der Waals surface area (Å²) < 4.78 is 0. The normalized spacial score (nSPS) is 12.1. The predicted octanol–water partition coefficient (Wildman–Crippen LogP) is 1.86. The zero-order valence-corrected chi connectivity index (χ0v) is 14.9. The molecule has 0 spiro atoms. The van der Waals surface area contributed by atoms with Crippen LogP contribution in [0, 0.1) is 5.41 Å². The number of nitrogens with two attached hydrogens (primary N) is 1. The van der Waals surface area contributed by atoms with Crippen molar-refractivity contribution in [2.24, 2.45) is 5.73 Å². The molecule has 6 N–H and O–H groups in total. The highest BCUT2D eigenvalue weighted by Gasteiger charge is 2.16. The van der Waals surface area contributed by atoms with Gasteiger partial charge in [0.2, 0.25) is 5.91 Å². The van der Waals surface area contributed by atoms with Crippen LogP contribution in [-0.4, -0.2) is 22.8 Å². The van der Waals surface area contributed by atoms with Crippen LogP contribution in [0.1, 0.15) is 24.2 Å². The molecule has 7 nitrogen and oxygen atoms in total. The lowest BCUT2D eigenvalue weighted by molar-refractivity contribution is -0.124. The number of benzene rings is 2. The number of nitrogens with one attached hydrogen (secondary N) is 3. The Morgan fingerprint density at radius 1 is 1.15 bits per heavy atom. The molecule has 2 rings (SSSR count). The van der Waals surface area contributed by atoms with E-state index in [0.717, 1.165) is 5.56 Å². The predicted molar refractivity (Wildman–Crippen MR) is 104 cm³/mol. The fourth-order valence-corrected chi connectivity index (χ4v) is 2.40. The minimum absolute atomic E-state index is 0.0706. The second kappa shape index (κ2) is 9.30. The smallest absolute Gasteiger partial charge is 0.257 e. The van der Waals surface area contributed by atoms with Crippen LogP contribution in [0.4, 0.5) is 5.69 Å². The molecule has 0 fully saturated rings. The van der Waals surface area contributed by atoms with Gasteiger partial charge in [-0.2, -0.15) is 0 Å². The van der Waals surface area contributed by atoms with Crippen LogP contribution in [-0.2, 0) is 16.0 Å². The molecule has 140 valence electrons. The van der Waals surface area contributed by atoms with Crippen LogP contribution in [0.15, 0.2) is 66.4 Å². The van der Waals surface area contributed by atoms with Gasteiger partial charge in [-0.05, 0) is 29.3 Å². The number of rotatable bonds is 6. The molecule has 2 amide bonds. The molecule has 0 radical (unpaired) electrons. The van der Waals surface area contributed by atoms with Gasteiger partial charge in [0.1, 0.15) is 5.84 Å². The number of amides is 2. The molecule has 0 aliphatic rings. The Labute approximate surface area is 157 Å². The second-order valence-corrected chi connectivity index (χ2v) is 5.99. The van der Waals surface area contributed by atoms with E-state index in [4.69, 9.17) is 11.1 Å². The lowest BCUT2D eigenvalue weighted by Crippen LogP contribution is -2.26. The molecule has 0 aromatic heterocycles. The number of allylic oxidation sites excluding steroid dienone is 1. The standard InChI is InChI=1S/C20H22N4O3/c1-13(25)23-18(22)12-16(21)11-14-7-9-17(10-8-14)24-20(27)19(26)15-5-3-2-4-6-15/h2-10,12,19,26H,11,21H2,1H3,(H,24,27)(H2,22,23,25)/b16-12-/t19-/m1/s1. The summed E-state index contributed by atoms with van der Waals surface area (Å²) in [6.45, 7) is 1.32. The summed E-state index contributed by atoms with van der Waals surface area (Å²) in [5.41, 5.74) is 8.24. The molecule has 0 unspecified atom stereocenters. The maximum Gasteiger partial charge on any atom is 0.257 e. The molecule has 0 saturated carbocycles. The number of hydrogen-bond donors (Lipinski definition) is 5. The van der Waals surface area contributed by atoms with Gasteiger partial charge in [0, 0.05) is 24.7 Å². The first-order valence-electron chi connectivity index (χ1n) is 8.30. The van der Waals surface area contributed by atoms with E-state index in [9.17, 15) is 14.7 Å². The number of carbonyl (C=O) groups is 2. The summed E-state index contributed by atoms with van der Waals surface area (Å²) in [4.78, 5) is 23.0. The van der Waals surface area contributed by atoms with Gasteiger partial charge in [-0.25, -0.2) is 0 Å². The Kier molecular flexibility index (Phi) is 6.85. The summed E-state index contributed by atoms with van der Waals surface area (Å²) >= 11 is 0. The first kappa shape index (κ1) is 19.9. The molecule has 2 aromatic rings. The van der Waals surface area contributed by atoms with Crippen molar-refractivity contribution in [1.82, 2.24) is 5.32 Å². The second-order valence-electron chi connectivity index (χ2n) is 5.99. The van der Waals surface area contributed by atoms with Crippen LogP contribution >= 0.6 is 0 Å². The van der Waals surface area contributed by atoms with Crippen LogP contribution < -0.4 is 16.4 Å². The topological polar surface area (TPSA) is 128 Å². The van der Waals surface area contributed by atoms with Crippen LogP contribution in [0.25, 0.3) is 0 Å². The Morgan fingerprint density at radius 3 is 2.37 bits per heavy atom. The average Bonchev–Trinajstić information content (AvgIpc) is 2.62. The summed E-state index contributed by atoms with van der Waals surface area (Å²) in [6, 6.07) is 15.7. The lowest BCUT2D eigenvalue weighted by atomic mass is 10.1. The van der Waals surface area contributed by atoms with Crippen molar-refractivity contribution in [2.45, 2.75) is 19.4 Å². The molecule has 0 saturated heterocycles. The monoisotopic (exact) mass is 366 g/mol.